The van der Waals surface area contributed by atoms with Gasteiger partial charge in [-0.3, -0.25) is 0 Å². The molecule has 18 heavy (non-hydrogen) atoms. The van der Waals surface area contributed by atoms with Gasteiger partial charge < -0.3 is 0 Å². The maximum absolute atomic E-state index is 5.94. The quantitative estimate of drug-likeness (QED) is 0.672. The standard InChI is InChI=1S/C12H11ClN4S/c1-7(2)9-3-5-17(16-9)10-8-4-6-18-11(8)15-12(13)14-10/h3-7H,1-2H3. The Balaban J connectivity index is 2.20. The molecule has 0 atom stereocenters. The highest BCUT2D eigenvalue weighted by atomic mass is 35.5. The van der Waals surface area contributed by atoms with E-state index in [-0.39, 0.29) is 5.28 Å². The molecule has 3 heterocycles. The second kappa shape index (κ2) is 4.33. The van der Waals surface area contributed by atoms with Crippen molar-refractivity contribution in [3.8, 4) is 5.82 Å². The number of aromatic nitrogens is 4. The molecule has 0 aromatic carbocycles. The van der Waals surface area contributed by atoms with Crippen LogP contribution in [0, 0.1) is 0 Å². The topological polar surface area (TPSA) is 43.6 Å². The van der Waals surface area contributed by atoms with Crippen LogP contribution in [0.25, 0.3) is 16.0 Å². The van der Waals surface area contributed by atoms with E-state index in [0.717, 1.165) is 21.7 Å². The minimum atomic E-state index is 0.251. The summed E-state index contributed by atoms with van der Waals surface area (Å²) in [6.45, 7) is 4.22. The summed E-state index contributed by atoms with van der Waals surface area (Å²) in [5.74, 6) is 1.12. The van der Waals surface area contributed by atoms with Gasteiger partial charge >= 0.3 is 0 Å². The number of fused-ring (bicyclic) bond motifs is 1. The predicted octanol–water partition coefficient (Wildman–Crippen LogP) is 3.65. The summed E-state index contributed by atoms with van der Waals surface area (Å²) in [5, 5.41) is 7.73. The summed E-state index contributed by atoms with van der Waals surface area (Å²) in [5.41, 5.74) is 1.04. The van der Waals surface area contributed by atoms with Crippen LogP contribution >= 0.6 is 22.9 Å². The molecule has 0 spiro atoms. The molecule has 4 nitrogen and oxygen atoms in total. The van der Waals surface area contributed by atoms with Gasteiger partial charge in [0.25, 0.3) is 0 Å². The Kier molecular flexibility index (Phi) is 2.80. The number of thiophene rings is 1. The minimum Gasteiger partial charge on any atom is -0.222 e. The third-order valence-electron chi connectivity index (χ3n) is 2.70. The molecular weight excluding hydrogens is 268 g/mol. The third kappa shape index (κ3) is 1.89. The highest BCUT2D eigenvalue weighted by molar-refractivity contribution is 7.16. The van der Waals surface area contributed by atoms with Crippen molar-refractivity contribution in [1.29, 1.82) is 0 Å². The van der Waals surface area contributed by atoms with Gasteiger partial charge in [-0.2, -0.15) is 10.1 Å². The van der Waals surface area contributed by atoms with E-state index in [2.05, 4.69) is 28.9 Å². The Labute approximate surface area is 113 Å². The van der Waals surface area contributed by atoms with Crippen molar-refractivity contribution < 1.29 is 0 Å². The lowest BCUT2D eigenvalue weighted by molar-refractivity contribution is 0.760. The van der Waals surface area contributed by atoms with Crippen LogP contribution in [0.2, 0.25) is 5.28 Å². The molecule has 0 aliphatic carbocycles. The smallest absolute Gasteiger partial charge is 0.222 e. The van der Waals surface area contributed by atoms with Gasteiger partial charge in [-0.15, -0.1) is 11.3 Å². The van der Waals surface area contributed by atoms with Crippen molar-refractivity contribution in [3.05, 3.63) is 34.7 Å². The average molecular weight is 279 g/mol. The van der Waals surface area contributed by atoms with Gasteiger partial charge in [-0.25, -0.2) is 9.67 Å². The molecule has 3 aromatic heterocycles. The molecule has 0 radical (unpaired) electrons. The van der Waals surface area contributed by atoms with Crippen molar-refractivity contribution in [3.63, 3.8) is 0 Å². The summed E-state index contributed by atoms with van der Waals surface area (Å²) in [6, 6.07) is 3.99. The van der Waals surface area contributed by atoms with Gasteiger partial charge in [0, 0.05) is 6.20 Å². The summed E-state index contributed by atoms with van der Waals surface area (Å²) in [6.07, 6.45) is 1.91. The number of hydrogen-bond donors (Lipinski definition) is 0. The fourth-order valence-electron chi connectivity index (χ4n) is 1.75. The minimum absolute atomic E-state index is 0.251. The maximum Gasteiger partial charge on any atom is 0.225 e. The summed E-state index contributed by atoms with van der Waals surface area (Å²) in [7, 11) is 0. The molecule has 92 valence electrons. The number of rotatable bonds is 2. The second-order valence-electron chi connectivity index (χ2n) is 4.30. The van der Waals surface area contributed by atoms with E-state index in [1.165, 1.54) is 0 Å². The molecule has 0 saturated carbocycles. The van der Waals surface area contributed by atoms with Crippen molar-refractivity contribution >= 4 is 33.2 Å². The van der Waals surface area contributed by atoms with Crippen molar-refractivity contribution in [2.24, 2.45) is 0 Å². The molecule has 3 aromatic rings. The Morgan fingerprint density at radius 3 is 2.83 bits per heavy atom. The predicted molar refractivity (Wildman–Crippen MR) is 73.6 cm³/mol. The largest absolute Gasteiger partial charge is 0.225 e. The van der Waals surface area contributed by atoms with E-state index < -0.39 is 0 Å². The zero-order valence-corrected chi connectivity index (χ0v) is 11.5. The first-order chi connectivity index (χ1) is 8.65. The van der Waals surface area contributed by atoms with Gasteiger partial charge in [-0.05, 0) is 35.0 Å². The first kappa shape index (κ1) is 11.6. The van der Waals surface area contributed by atoms with Crippen LogP contribution in [-0.2, 0) is 0 Å². The van der Waals surface area contributed by atoms with Crippen molar-refractivity contribution in [2.75, 3.05) is 0 Å². The molecule has 0 unspecified atom stereocenters. The van der Waals surface area contributed by atoms with Gasteiger partial charge in [0.1, 0.15) is 4.83 Å². The summed E-state index contributed by atoms with van der Waals surface area (Å²) < 4.78 is 1.76. The molecule has 3 rings (SSSR count). The van der Waals surface area contributed by atoms with Crippen LogP contribution in [0.1, 0.15) is 25.5 Å². The Hall–Kier alpha value is -1.46. The Morgan fingerprint density at radius 1 is 1.28 bits per heavy atom. The highest BCUT2D eigenvalue weighted by Gasteiger charge is 2.12. The lowest BCUT2D eigenvalue weighted by Crippen LogP contribution is -2.01. The first-order valence-electron chi connectivity index (χ1n) is 5.62. The van der Waals surface area contributed by atoms with Crippen LogP contribution in [0.15, 0.2) is 23.7 Å². The van der Waals surface area contributed by atoms with E-state index in [4.69, 9.17) is 11.6 Å². The van der Waals surface area contributed by atoms with Crippen molar-refractivity contribution in [2.45, 2.75) is 19.8 Å². The number of nitrogens with zero attached hydrogens (tertiary/aromatic N) is 4. The molecule has 0 N–H and O–H groups in total. The van der Waals surface area contributed by atoms with Crippen LogP contribution in [-0.4, -0.2) is 19.7 Å². The maximum atomic E-state index is 5.94. The van der Waals surface area contributed by atoms with Gasteiger partial charge in [-0.1, -0.05) is 13.8 Å². The third-order valence-corrected chi connectivity index (χ3v) is 3.67. The molecule has 0 aliphatic heterocycles. The van der Waals surface area contributed by atoms with Gasteiger partial charge in [0.2, 0.25) is 5.28 Å². The zero-order valence-electron chi connectivity index (χ0n) is 9.96. The van der Waals surface area contributed by atoms with E-state index in [0.29, 0.717) is 5.92 Å². The molecule has 0 bridgehead atoms. The normalized spacial score (nSPS) is 11.6. The first-order valence-corrected chi connectivity index (χ1v) is 6.87. The van der Waals surface area contributed by atoms with Crippen LogP contribution in [0.3, 0.4) is 0 Å². The van der Waals surface area contributed by atoms with E-state index in [1.54, 1.807) is 16.0 Å². The highest BCUT2D eigenvalue weighted by Crippen LogP contribution is 2.25. The molecule has 0 fully saturated rings. The molecule has 0 aliphatic rings. The fraction of sp³-hybridized carbons (Fsp3) is 0.250. The second-order valence-corrected chi connectivity index (χ2v) is 5.53. The summed E-state index contributed by atoms with van der Waals surface area (Å²) in [4.78, 5) is 9.35. The van der Waals surface area contributed by atoms with E-state index in [1.807, 2.05) is 23.7 Å². The molecule has 0 saturated heterocycles. The number of hydrogen-bond acceptors (Lipinski definition) is 4. The zero-order chi connectivity index (χ0) is 12.7. The molecule has 0 amide bonds. The fourth-order valence-corrected chi connectivity index (χ4v) is 2.73. The van der Waals surface area contributed by atoms with Gasteiger partial charge in [0.15, 0.2) is 5.82 Å². The SMILES string of the molecule is CC(C)c1ccn(-c2nc(Cl)nc3sccc23)n1. The van der Waals surface area contributed by atoms with E-state index in [9.17, 15) is 0 Å². The van der Waals surface area contributed by atoms with Crippen LogP contribution in [0.4, 0.5) is 0 Å². The van der Waals surface area contributed by atoms with Crippen LogP contribution < -0.4 is 0 Å². The number of halogens is 1. The Bertz CT molecular complexity index is 701. The Morgan fingerprint density at radius 2 is 2.11 bits per heavy atom. The summed E-state index contributed by atoms with van der Waals surface area (Å²) >= 11 is 7.49. The van der Waals surface area contributed by atoms with Gasteiger partial charge in [0.05, 0.1) is 11.1 Å². The lowest BCUT2D eigenvalue weighted by Gasteiger charge is -2.03. The lowest BCUT2D eigenvalue weighted by atomic mass is 10.1. The van der Waals surface area contributed by atoms with Crippen LogP contribution in [0.5, 0.6) is 0 Å². The van der Waals surface area contributed by atoms with Crippen molar-refractivity contribution in [1.82, 2.24) is 19.7 Å². The average Bonchev–Trinajstić information content (AvgIpc) is 2.95. The monoisotopic (exact) mass is 278 g/mol. The van der Waals surface area contributed by atoms with E-state index >= 15 is 0 Å². The molecular formula is C12H11ClN4S. The molecule has 6 heteroatoms.